The number of nitrogens with two attached hydrogens (primary N) is 1. The van der Waals surface area contributed by atoms with Crippen molar-refractivity contribution in [2.45, 2.75) is 26.7 Å². The molecular weight excluding hydrogens is 440 g/mol. The molecule has 2 bridgehead atoms. The first-order chi connectivity index (χ1) is 14.0. The van der Waals surface area contributed by atoms with Gasteiger partial charge in [0, 0.05) is 73.7 Å². The zero-order valence-corrected chi connectivity index (χ0v) is 21.8. The van der Waals surface area contributed by atoms with Gasteiger partial charge in [-0.25, -0.2) is 0 Å². The number of carbonyl (C=O) groups excluding carboxylic acids is 4. The van der Waals surface area contributed by atoms with Gasteiger partial charge in [-0.1, -0.05) is 56.3 Å². The molecule has 0 saturated heterocycles. The number of hydrogen-bond donors (Lipinski definition) is 1. The van der Waals surface area contributed by atoms with Crippen LogP contribution in [0.3, 0.4) is 0 Å². The van der Waals surface area contributed by atoms with E-state index in [2.05, 4.69) is 0 Å². The van der Waals surface area contributed by atoms with E-state index >= 15 is 0 Å². The third-order valence-corrected chi connectivity index (χ3v) is 8.86. The summed E-state index contributed by atoms with van der Waals surface area (Å²) in [6.45, 7) is 3.60. The molecule has 3 atom stereocenters. The molecule has 2 aromatic carbocycles. The molecule has 2 saturated carbocycles. The Kier molecular flexibility index (Phi) is 6.64. The van der Waals surface area contributed by atoms with Crippen molar-refractivity contribution >= 4 is 86.9 Å². The van der Waals surface area contributed by atoms with Crippen LogP contribution >= 0.6 is 7.29 Å². The molecule has 155 valence electrons. The first-order valence-corrected chi connectivity index (χ1v) is 11.6. The Morgan fingerprint density at radius 1 is 0.968 bits per heavy atom. The van der Waals surface area contributed by atoms with Crippen LogP contribution in [0.4, 0.5) is 0 Å². The van der Waals surface area contributed by atoms with Crippen LogP contribution in [0, 0.1) is 16.7 Å². The molecule has 2 fully saturated rings. The second-order valence-electron chi connectivity index (χ2n) is 8.62. The van der Waals surface area contributed by atoms with Crippen molar-refractivity contribution < 1.29 is 23.7 Å². The predicted octanol–water partition coefficient (Wildman–Crippen LogP) is 2.77. The minimum atomic E-state index is -3.87. The number of ketones is 3. The van der Waals surface area contributed by atoms with Crippen molar-refractivity contribution in [3.05, 3.63) is 65.7 Å². The average molecular weight is 463 g/mol. The number of hydrogen-bond acceptors (Lipinski definition) is 5. The molecule has 0 spiro atoms. The van der Waals surface area contributed by atoms with Gasteiger partial charge in [0.2, 0.25) is 24.4 Å². The molecule has 0 heterocycles. The van der Waals surface area contributed by atoms with Gasteiger partial charge in [0.25, 0.3) is 0 Å². The molecule has 1 radical (unpaired) electrons. The Balaban J connectivity index is 0.00000272. The molecule has 8 heteroatoms. The monoisotopic (exact) mass is 462 g/mol. The van der Waals surface area contributed by atoms with E-state index in [-0.39, 0.29) is 67.8 Å². The molecule has 2 aromatic rings. The maximum absolute atomic E-state index is 13.4. The Hall–Kier alpha value is -1.05. The topological polar surface area (TPSA) is 111 Å². The van der Waals surface area contributed by atoms with Crippen LogP contribution in [0.5, 0.6) is 0 Å². The van der Waals surface area contributed by atoms with Crippen molar-refractivity contribution in [2.75, 3.05) is 0 Å². The van der Waals surface area contributed by atoms with Crippen molar-refractivity contribution in [2.24, 2.45) is 22.3 Å². The molecule has 0 amide bonds. The van der Waals surface area contributed by atoms with E-state index < -0.39 is 46.9 Å². The summed E-state index contributed by atoms with van der Waals surface area (Å²) in [6, 6.07) is 13.8. The molecule has 2 aliphatic rings. The van der Waals surface area contributed by atoms with E-state index in [1.807, 2.05) is 0 Å². The minimum Gasteiger partial charge on any atom is -0.293 e. The van der Waals surface area contributed by atoms with Crippen LogP contribution in [-0.4, -0.2) is 74.3 Å². The van der Waals surface area contributed by atoms with Gasteiger partial charge in [0.1, 0.15) is 5.41 Å². The molecule has 0 aromatic heterocycles. The van der Waals surface area contributed by atoms with Gasteiger partial charge in [-0.05, 0) is 30.4 Å². The molecule has 6 nitrogen and oxygen atoms in total. The maximum Gasteiger partial charge on any atom is 0.241 e. The third kappa shape index (κ3) is 3.46. The van der Waals surface area contributed by atoms with Crippen molar-refractivity contribution in [1.82, 2.24) is 0 Å². The largest absolute Gasteiger partial charge is 0.293 e. The maximum atomic E-state index is 13.4. The number of fused-ring (bicyclic) bond motifs is 2. The predicted molar refractivity (Wildman–Crippen MR) is 118 cm³/mol. The summed E-state index contributed by atoms with van der Waals surface area (Å²) in [5.41, 5.74) is 3.64. The quantitative estimate of drug-likeness (QED) is 0.240. The second kappa shape index (κ2) is 8.38. The van der Waals surface area contributed by atoms with Crippen LogP contribution < -0.4 is 10.8 Å². The molecule has 3 unspecified atom stereocenters. The van der Waals surface area contributed by atoms with Gasteiger partial charge in [-0.2, -0.15) is 0 Å². The molecule has 31 heavy (non-hydrogen) atoms. The van der Waals surface area contributed by atoms with Crippen LogP contribution in [0.1, 0.15) is 47.4 Å². The number of benzene rings is 2. The van der Waals surface area contributed by atoms with Gasteiger partial charge in [0.05, 0.1) is 0 Å². The average Bonchev–Trinajstić information content (AvgIpc) is 3.09. The zero-order valence-electron chi connectivity index (χ0n) is 17.8. The van der Waals surface area contributed by atoms with Gasteiger partial charge >= 0.3 is 0 Å². The fraction of sp³-hybridized carbons (Fsp3) is 0.304. The molecule has 2 N–H and O–H groups in total. The summed E-state index contributed by atoms with van der Waals surface area (Å²) < 4.78 is 13.0. The summed E-state index contributed by atoms with van der Waals surface area (Å²) in [5.74, 6) is -1.91. The van der Waals surface area contributed by atoms with Crippen molar-refractivity contribution in [3.8, 4) is 0 Å². The first-order valence-electron chi connectivity index (χ1n) is 9.78. The van der Waals surface area contributed by atoms with E-state index in [0.29, 0.717) is 12.8 Å². The summed E-state index contributed by atoms with van der Waals surface area (Å²) >= 11 is 0. The smallest absolute Gasteiger partial charge is 0.241 e. The van der Waals surface area contributed by atoms with Gasteiger partial charge in [-0.15, -0.1) is 0 Å². The number of Topliss-reactive ketones (excluding diaryl/α,β-unsaturated/α-hetero) is 3. The van der Waals surface area contributed by atoms with Crippen LogP contribution in [-0.2, 0) is 14.2 Å². The Labute approximate surface area is 223 Å². The van der Waals surface area contributed by atoms with Crippen LogP contribution in [0.2, 0.25) is 0 Å². The van der Waals surface area contributed by atoms with Crippen molar-refractivity contribution in [1.29, 1.82) is 0 Å². The third-order valence-electron chi connectivity index (χ3n) is 6.93. The molecule has 0 aliphatic heterocycles. The van der Waals surface area contributed by atoms with Crippen molar-refractivity contribution in [3.63, 3.8) is 0 Å². The fourth-order valence-electron chi connectivity index (χ4n) is 5.05. The van der Waals surface area contributed by atoms with E-state index in [0.717, 1.165) is 0 Å². The molecule has 4 rings (SSSR count). The van der Waals surface area contributed by atoms with E-state index in [1.54, 1.807) is 44.2 Å². The van der Waals surface area contributed by atoms with E-state index in [9.17, 15) is 23.7 Å². The summed E-state index contributed by atoms with van der Waals surface area (Å²) in [6.07, 6.45) is 0.864. The van der Waals surface area contributed by atoms with Gasteiger partial charge in [0.15, 0.2) is 5.78 Å². The molecular formula is C23H22KNO5P. The summed E-state index contributed by atoms with van der Waals surface area (Å²) in [4.78, 5) is 51.0. The zero-order chi connectivity index (χ0) is 21.9. The number of rotatable bonds is 5. The Morgan fingerprint density at radius 3 is 2.06 bits per heavy atom. The first kappa shape index (κ1) is 24.6. The molecule has 2 aliphatic carbocycles. The van der Waals surface area contributed by atoms with E-state index in [4.69, 9.17) is 5.50 Å². The summed E-state index contributed by atoms with van der Waals surface area (Å²) in [7, 11) is -3.87. The van der Waals surface area contributed by atoms with Crippen LogP contribution in [0.25, 0.3) is 0 Å². The van der Waals surface area contributed by atoms with E-state index in [1.165, 1.54) is 24.3 Å². The second-order valence-corrected chi connectivity index (χ2v) is 10.9. The van der Waals surface area contributed by atoms with Gasteiger partial charge < -0.3 is 0 Å². The number of carbonyl (C=O) groups is 4. The normalized spacial score (nSPS) is 25.6. The van der Waals surface area contributed by atoms with Crippen LogP contribution in [0.15, 0.2) is 54.6 Å². The Morgan fingerprint density at radius 2 is 1.55 bits per heavy atom. The SMILES string of the molecule is CC1(C)C2CCC1(C(=O)c1ccc(P(N)(=O)C(=O)c3ccccc3)cc1)C(=O)C2=O.[K]. The minimum absolute atomic E-state index is 0. The fourth-order valence-corrected chi connectivity index (χ4v) is 6.41. The van der Waals surface area contributed by atoms with Gasteiger partial charge in [-0.3, -0.25) is 29.2 Å². The standard InChI is InChI=1S/C23H22NO5P.K/c1-22(2)17-12-13-23(22,20(27)18(17)25)19(26)14-8-10-16(11-9-14)30(24,29)21(28)15-6-4-3-5-7-15;/h3-11,17H,12-13H2,1-2H3,(H2,24,29);. The Bertz CT molecular complexity index is 1140. The summed E-state index contributed by atoms with van der Waals surface area (Å²) in [5, 5.41) is 0.128.